The van der Waals surface area contributed by atoms with Crippen molar-refractivity contribution in [3.05, 3.63) is 47.5 Å². The standard InChI is InChI=1S/C20H27NO4/c1-14(15-9-10-17(22-2)19(11-15)24-4)12-21-13-16-7-6-8-18(23-3)20(16)25-5/h6-11,14,21H,12-13H2,1-5H3. The molecule has 2 aromatic rings. The van der Waals surface area contributed by atoms with Gasteiger partial charge in [-0.1, -0.05) is 25.1 Å². The molecule has 2 aromatic carbocycles. The summed E-state index contributed by atoms with van der Waals surface area (Å²) in [6.45, 7) is 3.71. The van der Waals surface area contributed by atoms with E-state index >= 15 is 0 Å². The van der Waals surface area contributed by atoms with Gasteiger partial charge < -0.3 is 24.3 Å². The Kier molecular flexibility index (Phi) is 6.95. The Balaban J connectivity index is 2.00. The van der Waals surface area contributed by atoms with Gasteiger partial charge in [-0.15, -0.1) is 0 Å². The Hall–Kier alpha value is -2.40. The Bertz CT molecular complexity index is 687. The first-order valence-electron chi connectivity index (χ1n) is 8.27. The van der Waals surface area contributed by atoms with Crippen molar-refractivity contribution in [2.24, 2.45) is 0 Å². The minimum atomic E-state index is 0.330. The summed E-state index contributed by atoms with van der Waals surface area (Å²) in [5, 5.41) is 3.48. The van der Waals surface area contributed by atoms with E-state index in [1.54, 1.807) is 28.4 Å². The average molecular weight is 345 g/mol. The fraction of sp³-hybridized carbons (Fsp3) is 0.400. The molecule has 1 unspecified atom stereocenters. The maximum absolute atomic E-state index is 5.47. The summed E-state index contributed by atoms with van der Waals surface area (Å²) in [5.74, 6) is 3.34. The Morgan fingerprint density at radius 3 is 2.20 bits per heavy atom. The molecule has 5 heteroatoms. The molecular weight excluding hydrogens is 318 g/mol. The van der Waals surface area contributed by atoms with E-state index in [0.717, 1.165) is 35.1 Å². The van der Waals surface area contributed by atoms with Gasteiger partial charge in [0.05, 0.1) is 28.4 Å². The van der Waals surface area contributed by atoms with Crippen LogP contribution in [0.1, 0.15) is 24.0 Å². The normalized spacial score (nSPS) is 11.7. The van der Waals surface area contributed by atoms with Crippen molar-refractivity contribution in [2.75, 3.05) is 35.0 Å². The summed E-state index contributed by atoms with van der Waals surface area (Å²) >= 11 is 0. The summed E-state index contributed by atoms with van der Waals surface area (Å²) in [4.78, 5) is 0. The first-order valence-corrected chi connectivity index (χ1v) is 8.27. The van der Waals surface area contributed by atoms with Gasteiger partial charge in [-0.2, -0.15) is 0 Å². The van der Waals surface area contributed by atoms with E-state index in [1.165, 1.54) is 5.56 Å². The lowest BCUT2D eigenvalue weighted by molar-refractivity contribution is 0.350. The maximum atomic E-state index is 5.47. The largest absolute Gasteiger partial charge is 0.493 e. The van der Waals surface area contributed by atoms with Gasteiger partial charge in [-0.05, 0) is 29.7 Å². The number of nitrogens with one attached hydrogen (secondary N) is 1. The predicted octanol–water partition coefficient (Wildman–Crippen LogP) is 3.61. The quantitative estimate of drug-likeness (QED) is 0.752. The van der Waals surface area contributed by atoms with Crippen LogP contribution in [0.5, 0.6) is 23.0 Å². The third kappa shape index (κ3) is 4.57. The highest BCUT2D eigenvalue weighted by molar-refractivity contribution is 5.46. The van der Waals surface area contributed by atoms with Crippen LogP contribution in [0.4, 0.5) is 0 Å². The van der Waals surface area contributed by atoms with Crippen molar-refractivity contribution < 1.29 is 18.9 Å². The van der Waals surface area contributed by atoms with E-state index in [4.69, 9.17) is 18.9 Å². The van der Waals surface area contributed by atoms with Gasteiger partial charge in [-0.25, -0.2) is 0 Å². The van der Waals surface area contributed by atoms with Gasteiger partial charge >= 0.3 is 0 Å². The highest BCUT2D eigenvalue weighted by Gasteiger charge is 2.12. The number of methoxy groups -OCH3 is 4. The molecule has 0 spiro atoms. The fourth-order valence-electron chi connectivity index (χ4n) is 2.79. The number of rotatable bonds is 9. The number of benzene rings is 2. The number of ether oxygens (including phenoxy) is 4. The summed E-state index contributed by atoms with van der Waals surface area (Å²) in [6.07, 6.45) is 0. The van der Waals surface area contributed by atoms with E-state index < -0.39 is 0 Å². The van der Waals surface area contributed by atoms with Crippen molar-refractivity contribution in [3.8, 4) is 23.0 Å². The van der Waals surface area contributed by atoms with Crippen LogP contribution in [0, 0.1) is 0 Å². The van der Waals surface area contributed by atoms with Crippen LogP contribution in [0.15, 0.2) is 36.4 Å². The van der Waals surface area contributed by atoms with Crippen molar-refractivity contribution in [1.29, 1.82) is 0 Å². The summed E-state index contributed by atoms with van der Waals surface area (Å²) in [7, 11) is 6.60. The number of hydrogen-bond donors (Lipinski definition) is 1. The molecule has 0 aromatic heterocycles. The first kappa shape index (κ1) is 18.9. The van der Waals surface area contributed by atoms with Crippen LogP contribution in [0.2, 0.25) is 0 Å². The van der Waals surface area contributed by atoms with Crippen LogP contribution in [0.25, 0.3) is 0 Å². The SMILES string of the molecule is COc1ccc(C(C)CNCc2cccc(OC)c2OC)cc1OC. The highest BCUT2D eigenvalue weighted by Crippen LogP contribution is 2.32. The molecule has 0 aliphatic rings. The summed E-state index contributed by atoms with van der Waals surface area (Å²) in [5.41, 5.74) is 2.27. The van der Waals surface area contributed by atoms with Gasteiger partial charge in [0.25, 0.3) is 0 Å². The number of hydrogen-bond acceptors (Lipinski definition) is 5. The molecule has 0 saturated heterocycles. The molecule has 0 aliphatic heterocycles. The molecule has 2 rings (SSSR count). The molecule has 1 N–H and O–H groups in total. The second-order valence-corrected chi connectivity index (χ2v) is 5.80. The van der Waals surface area contributed by atoms with E-state index in [-0.39, 0.29) is 0 Å². The molecule has 0 saturated carbocycles. The van der Waals surface area contributed by atoms with Crippen LogP contribution in [-0.2, 0) is 6.54 Å². The van der Waals surface area contributed by atoms with E-state index in [2.05, 4.69) is 18.3 Å². The molecular formula is C20H27NO4. The Morgan fingerprint density at radius 1 is 0.840 bits per heavy atom. The molecule has 1 atom stereocenters. The predicted molar refractivity (Wildman–Crippen MR) is 99.2 cm³/mol. The van der Waals surface area contributed by atoms with Crippen molar-refractivity contribution in [2.45, 2.75) is 19.4 Å². The third-order valence-electron chi connectivity index (χ3n) is 4.23. The van der Waals surface area contributed by atoms with Gasteiger partial charge in [0.2, 0.25) is 0 Å². The zero-order chi connectivity index (χ0) is 18.2. The maximum Gasteiger partial charge on any atom is 0.165 e. The molecule has 25 heavy (non-hydrogen) atoms. The van der Waals surface area contributed by atoms with Crippen molar-refractivity contribution in [3.63, 3.8) is 0 Å². The number of para-hydroxylation sites is 1. The summed E-state index contributed by atoms with van der Waals surface area (Å²) in [6, 6.07) is 11.9. The lowest BCUT2D eigenvalue weighted by Crippen LogP contribution is -2.20. The Labute approximate surface area is 149 Å². The molecule has 0 bridgehead atoms. The fourth-order valence-corrected chi connectivity index (χ4v) is 2.79. The Morgan fingerprint density at radius 2 is 1.56 bits per heavy atom. The van der Waals surface area contributed by atoms with Gasteiger partial charge in [0.1, 0.15) is 0 Å². The van der Waals surface area contributed by atoms with E-state index in [1.807, 2.05) is 30.3 Å². The van der Waals surface area contributed by atoms with E-state index in [0.29, 0.717) is 12.5 Å². The first-order chi connectivity index (χ1) is 12.1. The molecule has 0 amide bonds. The second kappa shape index (κ2) is 9.18. The van der Waals surface area contributed by atoms with Crippen LogP contribution < -0.4 is 24.3 Å². The van der Waals surface area contributed by atoms with Gasteiger partial charge in [0.15, 0.2) is 23.0 Å². The van der Waals surface area contributed by atoms with Gasteiger partial charge in [0, 0.05) is 18.7 Å². The molecule has 136 valence electrons. The molecule has 0 radical (unpaired) electrons. The van der Waals surface area contributed by atoms with Crippen molar-refractivity contribution in [1.82, 2.24) is 5.32 Å². The molecule has 0 heterocycles. The summed E-state index contributed by atoms with van der Waals surface area (Å²) < 4.78 is 21.5. The lowest BCUT2D eigenvalue weighted by Gasteiger charge is -2.17. The van der Waals surface area contributed by atoms with Crippen LogP contribution in [0.3, 0.4) is 0 Å². The smallest absolute Gasteiger partial charge is 0.165 e. The van der Waals surface area contributed by atoms with Crippen molar-refractivity contribution >= 4 is 0 Å². The second-order valence-electron chi connectivity index (χ2n) is 5.80. The molecule has 0 aliphatic carbocycles. The average Bonchev–Trinajstić information content (AvgIpc) is 2.66. The molecule has 0 fully saturated rings. The topological polar surface area (TPSA) is 49.0 Å². The highest BCUT2D eigenvalue weighted by atomic mass is 16.5. The van der Waals surface area contributed by atoms with Crippen LogP contribution in [-0.4, -0.2) is 35.0 Å². The minimum Gasteiger partial charge on any atom is -0.493 e. The zero-order valence-electron chi connectivity index (χ0n) is 15.6. The van der Waals surface area contributed by atoms with Crippen LogP contribution >= 0.6 is 0 Å². The van der Waals surface area contributed by atoms with Gasteiger partial charge in [-0.3, -0.25) is 0 Å². The van der Waals surface area contributed by atoms with E-state index in [9.17, 15) is 0 Å². The zero-order valence-corrected chi connectivity index (χ0v) is 15.6. The molecule has 5 nitrogen and oxygen atoms in total. The monoisotopic (exact) mass is 345 g/mol. The third-order valence-corrected chi connectivity index (χ3v) is 4.23. The lowest BCUT2D eigenvalue weighted by atomic mass is 10.0. The minimum absolute atomic E-state index is 0.330.